The molecule has 6 nitrogen and oxygen atoms in total. The number of halogens is 1. The number of hydrogen-bond acceptors (Lipinski definition) is 5. The summed E-state index contributed by atoms with van der Waals surface area (Å²) in [5.41, 5.74) is 4.51. The molecule has 0 radical (unpaired) electrons. The van der Waals surface area contributed by atoms with Gasteiger partial charge in [0.05, 0.1) is 19.7 Å². The molecule has 0 N–H and O–H groups in total. The Morgan fingerprint density at radius 3 is 2.44 bits per heavy atom. The van der Waals surface area contributed by atoms with Crippen molar-refractivity contribution in [1.82, 2.24) is 14.1 Å². The standard InChI is InChI=1S/C19H16IN3O3S/c1-11-4-6-15(7-5-11)27(24,25)23-10-16(20)19-17(23)8-14(9-21-19)18-12(2)22-26-13(18)3/h4-10H,1-3H3. The number of hydrogen-bond donors (Lipinski definition) is 0. The molecule has 0 aliphatic heterocycles. The van der Waals surface area contributed by atoms with Gasteiger partial charge in [-0.25, -0.2) is 12.4 Å². The van der Waals surface area contributed by atoms with E-state index in [0.717, 1.165) is 26.0 Å². The third-order valence-electron chi connectivity index (χ3n) is 4.46. The van der Waals surface area contributed by atoms with Gasteiger partial charge < -0.3 is 4.52 Å². The predicted molar refractivity (Wildman–Crippen MR) is 111 cm³/mol. The second-order valence-corrected chi connectivity index (χ2v) is 9.36. The normalized spacial score (nSPS) is 12.0. The average Bonchev–Trinajstić information content (AvgIpc) is 3.15. The molecule has 4 rings (SSSR count). The molecule has 0 unspecified atom stereocenters. The van der Waals surface area contributed by atoms with Gasteiger partial charge in [0.15, 0.2) is 0 Å². The average molecular weight is 493 g/mol. The van der Waals surface area contributed by atoms with Crippen LogP contribution in [0.4, 0.5) is 0 Å². The highest BCUT2D eigenvalue weighted by Crippen LogP contribution is 2.32. The number of fused-ring (bicyclic) bond motifs is 1. The van der Waals surface area contributed by atoms with Crippen molar-refractivity contribution in [2.75, 3.05) is 0 Å². The van der Waals surface area contributed by atoms with Crippen LogP contribution < -0.4 is 0 Å². The van der Waals surface area contributed by atoms with E-state index >= 15 is 0 Å². The lowest BCUT2D eigenvalue weighted by molar-refractivity contribution is 0.393. The summed E-state index contributed by atoms with van der Waals surface area (Å²) in [4.78, 5) is 4.74. The molecular formula is C19H16IN3O3S. The third-order valence-corrected chi connectivity index (χ3v) is 6.94. The van der Waals surface area contributed by atoms with Crippen LogP contribution >= 0.6 is 22.6 Å². The Hall–Kier alpha value is -2.20. The molecule has 0 saturated carbocycles. The van der Waals surface area contributed by atoms with Gasteiger partial charge in [-0.15, -0.1) is 0 Å². The van der Waals surface area contributed by atoms with E-state index in [-0.39, 0.29) is 4.90 Å². The fourth-order valence-electron chi connectivity index (χ4n) is 3.09. The molecule has 0 spiro atoms. The molecule has 27 heavy (non-hydrogen) atoms. The van der Waals surface area contributed by atoms with Gasteiger partial charge in [0.2, 0.25) is 0 Å². The topological polar surface area (TPSA) is 78.0 Å². The Morgan fingerprint density at radius 1 is 1.11 bits per heavy atom. The van der Waals surface area contributed by atoms with Crippen LogP contribution in [0.15, 0.2) is 52.1 Å². The molecule has 0 aliphatic carbocycles. The van der Waals surface area contributed by atoms with Gasteiger partial charge >= 0.3 is 0 Å². The highest BCUT2D eigenvalue weighted by atomic mass is 127. The van der Waals surface area contributed by atoms with Gasteiger partial charge in [-0.2, -0.15) is 0 Å². The first-order valence-electron chi connectivity index (χ1n) is 8.21. The van der Waals surface area contributed by atoms with Crippen molar-refractivity contribution in [3.8, 4) is 11.1 Å². The Labute approximate surface area is 170 Å². The maximum atomic E-state index is 13.2. The monoisotopic (exact) mass is 493 g/mol. The first kappa shape index (κ1) is 18.2. The van der Waals surface area contributed by atoms with Crippen molar-refractivity contribution >= 4 is 43.6 Å². The first-order chi connectivity index (χ1) is 12.8. The summed E-state index contributed by atoms with van der Waals surface area (Å²) in [6.07, 6.45) is 3.32. The van der Waals surface area contributed by atoms with E-state index in [2.05, 4.69) is 32.7 Å². The molecule has 0 atom stereocenters. The molecule has 0 saturated heterocycles. The van der Waals surface area contributed by atoms with Crippen LogP contribution in [-0.4, -0.2) is 22.5 Å². The number of pyridine rings is 1. The summed E-state index contributed by atoms with van der Waals surface area (Å²) < 4.78 is 33.7. The maximum absolute atomic E-state index is 13.2. The van der Waals surface area contributed by atoms with Gasteiger partial charge in [0.25, 0.3) is 10.0 Å². The summed E-state index contributed by atoms with van der Waals surface area (Å²) >= 11 is 2.10. The first-order valence-corrected chi connectivity index (χ1v) is 10.7. The van der Waals surface area contributed by atoms with E-state index in [0.29, 0.717) is 16.8 Å². The minimum atomic E-state index is -3.73. The number of benzene rings is 1. The highest BCUT2D eigenvalue weighted by Gasteiger charge is 2.22. The van der Waals surface area contributed by atoms with Crippen molar-refractivity contribution in [2.45, 2.75) is 25.7 Å². The van der Waals surface area contributed by atoms with Crippen LogP contribution in [0.5, 0.6) is 0 Å². The lowest BCUT2D eigenvalue weighted by atomic mass is 10.1. The lowest BCUT2D eigenvalue weighted by Crippen LogP contribution is -2.12. The SMILES string of the molecule is Cc1ccc(S(=O)(=O)n2cc(I)c3ncc(-c4c(C)noc4C)cc32)cc1. The van der Waals surface area contributed by atoms with E-state index in [1.807, 2.05) is 26.8 Å². The zero-order valence-electron chi connectivity index (χ0n) is 14.9. The largest absolute Gasteiger partial charge is 0.361 e. The van der Waals surface area contributed by atoms with Crippen LogP contribution in [0.3, 0.4) is 0 Å². The second kappa shape index (κ2) is 6.45. The van der Waals surface area contributed by atoms with E-state index in [1.165, 1.54) is 3.97 Å². The van der Waals surface area contributed by atoms with Crippen molar-refractivity contribution < 1.29 is 12.9 Å². The van der Waals surface area contributed by atoms with E-state index in [4.69, 9.17) is 4.52 Å². The van der Waals surface area contributed by atoms with Gasteiger partial charge in [-0.1, -0.05) is 22.9 Å². The highest BCUT2D eigenvalue weighted by molar-refractivity contribution is 14.1. The smallest absolute Gasteiger partial charge is 0.268 e. The quantitative estimate of drug-likeness (QED) is 0.394. The minimum Gasteiger partial charge on any atom is -0.361 e. The molecule has 1 aromatic carbocycles. The fourth-order valence-corrected chi connectivity index (χ4v) is 5.33. The van der Waals surface area contributed by atoms with Crippen molar-refractivity contribution in [1.29, 1.82) is 0 Å². The van der Waals surface area contributed by atoms with E-state index < -0.39 is 10.0 Å². The summed E-state index contributed by atoms with van der Waals surface area (Å²) in [6, 6.07) is 8.64. The molecule has 3 heterocycles. The molecule has 0 aliphatic rings. The molecule has 3 aromatic heterocycles. The molecule has 138 valence electrons. The zero-order valence-corrected chi connectivity index (χ0v) is 17.9. The number of nitrogens with zero attached hydrogens (tertiary/aromatic N) is 3. The zero-order chi connectivity index (χ0) is 19.3. The molecule has 8 heteroatoms. The van der Waals surface area contributed by atoms with Gasteiger partial charge in [-0.05, 0) is 61.6 Å². The van der Waals surface area contributed by atoms with Crippen molar-refractivity contribution in [2.24, 2.45) is 0 Å². The third kappa shape index (κ3) is 2.96. The molecule has 0 amide bonds. The van der Waals surface area contributed by atoms with Crippen molar-refractivity contribution in [3.05, 3.63) is 63.3 Å². The van der Waals surface area contributed by atoms with E-state index in [1.54, 1.807) is 36.7 Å². The lowest BCUT2D eigenvalue weighted by Gasteiger charge is -2.08. The second-order valence-electron chi connectivity index (χ2n) is 6.38. The fraction of sp³-hybridized carbons (Fsp3) is 0.158. The maximum Gasteiger partial charge on any atom is 0.268 e. The molecule has 0 fully saturated rings. The van der Waals surface area contributed by atoms with Gasteiger partial charge in [0.1, 0.15) is 11.3 Å². The van der Waals surface area contributed by atoms with Crippen LogP contribution in [0.25, 0.3) is 22.2 Å². The van der Waals surface area contributed by atoms with Crippen LogP contribution in [0.1, 0.15) is 17.0 Å². The summed E-state index contributed by atoms with van der Waals surface area (Å²) in [6.45, 7) is 5.59. The summed E-state index contributed by atoms with van der Waals surface area (Å²) in [5, 5.41) is 3.98. The van der Waals surface area contributed by atoms with Gasteiger partial charge in [0, 0.05) is 23.5 Å². The summed E-state index contributed by atoms with van der Waals surface area (Å²) in [5.74, 6) is 0.669. The predicted octanol–water partition coefficient (Wildman–Crippen LogP) is 4.46. The van der Waals surface area contributed by atoms with Gasteiger partial charge in [-0.3, -0.25) is 4.98 Å². The Bertz CT molecular complexity index is 1250. The molecule has 4 aromatic rings. The summed E-state index contributed by atoms with van der Waals surface area (Å²) in [7, 11) is -3.73. The molecule has 0 bridgehead atoms. The Kier molecular flexibility index (Phi) is 4.34. The van der Waals surface area contributed by atoms with Crippen LogP contribution in [0.2, 0.25) is 0 Å². The number of aromatic nitrogens is 3. The number of aryl methyl sites for hydroxylation is 3. The Balaban J connectivity index is 1.96. The Morgan fingerprint density at radius 2 is 1.81 bits per heavy atom. The minimum absolute atomic E-state index is 0.240. The van der Waals surface area contributed by atoms with E-state index in [9.17, 15) is 8.42 Å². The number of rotatable bonds is 3. The van der Waals surface area contributed by atoms with Crippen LogP contribution in [-0.2, 0) is 10.0 Å². The van der Waals surface area contributed by atoms with Crippen LogP contribution in [0, 0.1) is 24.3 Å². The molecular weight excluding hydrogens is 477 g/mol. The van der Waals surface area contributed by atoms with Crippen molar-refractivity contribution in [3.63, 3.8) is 0 Å².